The summed E-state index contributed by atoms with van der Waals surface area (Å²) in [6.07, 6.45) is 1.94. The van der Waals surface area contributed by atoms with Crippen LogP contribution in [0.25, 0.3) is 0 Å². The fraction of sp³-hybridized carbons (Fsp3) is 0.190. The van der Waals surface area contributed by atoms with Crippen LogP contribution in [0.15, 0.2) is 66.9 Å². The normalized spacial score (nSPS) is 12.2. The number of carbonyl (C=O) groups is 1. The summed E-state index contributed by atoms with van der Waals surface area (Å²) in [5.74, 6) is 1.47. The molecule has 0 aliphatic carbocycles. The molecule has 26 heavy (non-hydrogen) atoms. The van der Waals surface area contributed by atoms with Gasteiger partial charge in [-0.15, -0.1) is 0 Å². The topological polar surface area (TPSA) is 43.7 Å². The Hall–Kier alpha value is -3.21. The van der Waals surface area contributed by atoms with Gasteiger partial charge in [-0.2, -0.15) is 0 Å². The van der Waals surface area contributed by atoms with E-state index in [0.29, 0.717) is 18.8 Å². The molecule has 0 spiro atoms. The second-order valence-electron chi connectivity index (χ2n) is 6.36. The first kappa shape index (κ1) is 16.3. The van der Waals surface area contributed by atoms with E-state index in [1.54, 1.807) is 4.90 Å². The molecule has 132 valence electrons. The minimum Gasteiger partial charge on any atom is -0.454 e. The number of nitrogens with zero attached hydrogens (tertiary/aromatic N) is 2. The molecule has 4 rings (SSSR count). The highest BCUT2D eigenvalue weighted by Crippen LogP contribution is 2.32. The van der Waals surface area contributed by atoms with Crippen LogP contribution in [0, 0.1) is 0 Å². The summed E-state index contributed by atoms with van der Waals surface area (Å²) in [6.45, 7) is 1.43. The molecule has 0 unspecified atom stereocenters. The van der Waals surface area contributed by atoms with E-state index in [1.165, 1.54) is 0 Å². The fourth-order valence-electron chi connectivity index (χ4n) is 3.11. The first-order chi connectivity index (χ1) is 12.7. The first-order valence-corrected chi connectivity index (χ1v) is 8.54. The Morgan fingerprint density at radius 3 is 2.65 bits per heavy atom. The molecule has 0 saturated carbocycles. The van der Waals surface area contributed by atoms with Crippen molar-refractivity contribution < 1.29 is 14.3 Å². The number of fused-ring (bicyclic) bond motifs is 1. The van der Waals surface area contributed by atoms with Crippen molar-refractivity contribution in [3.8, 4) is 11.5 Å². The van der Waals surface area contributed by atoms with E-state index in [4.69, 9.17) is 9.47 Å². The van der Waals surface area contributed by atoms with Crippen LogP contribution in [0.3, 0.4) is 0 Å². The van der Waals surface area contributed by atoms with E-state index in [0.717, 1.165) is 22.6 Å². The Labute approximate surface area is 152 Å². The van der Waals surface area contributed by atoms with Crippen molar-refractivity contribution in [3.05, 3.63) is 83.7 Å². The molecule has 0 atom stereocenters. The maximum atomic E-state index is 12.9. The highest BCUT2D eigenvalue weighted by atomic mass is 16.7. The highest BCUT2D eigenvalue weighted by Gasteiger charge is 2.18. The van der Waals surface area contributed by atoms with Crippen molar-refractivity contribution in [2.75, 3.05) is 13.8 Å². The van der Waals surface area contributed by atoms with E-state index in [-0.39, 0.29) is 12.7 Å². The zero-order valence-electron chi connectivity index (χ0n) is 14.6. The molecule has 2 heterocycles. The number of hydrogen-bond acceptors (Lipinski definition) is 3. The molecule has 5 nitrogen and oxygen atoms in total. The second-order valence-corrected chi connectivity index (χ2v) is 6.36. The molecule has 3 aromatic rings. The largest absolute Gasteiger partial charge is 0.454 e. The molecule has 5 heteroatoms. The lowest BCUT2D eigenvalue weighted by molar-refractivity contribution is 0.0774. The quantitative estimate of drug-likeness (QED) is 0.708. The van der Waals surface area contributed by atoms with Crippen molar-refractivity contribution in [1.82, 2.24) is 9.47 Å². The predicted molar refractivity (Wildman–Crippen MR) is 98.3 cm³/mol. The summed E-state index contributed by atoms with van der Waals surface area (Å²) in [4.78, 5) is 14.6. The molecule has 0 fully saturated rings. The van der Waals surface area contributed by atoms with Crippen LogP contribution in [-0.2, 0) is 13.1 Å². The van der Waals surface area contributed by atoms with Gasteiger partial charge in [0.15, 0.2) is 11.5 Å². The number of carbonyl (C=O) groups excluding carboxylic acids is 1. The third kappa shape index (κ3) is 3.28. The number of aromatic nitrogens is 1. The molecule has 1 aliphatic heterocycles. The van der Waals surface area contributed by atoms with E-state index < -0.39 is 0 Å². The first-order valence-electron chi connectivity index (χ1n) is 8.54. The lowest BCUT2D eigenvalue weighted by Gasteiger charge is -2.19. The van der Waals surface area contributed by atoms with Crippen LogP contribution < -0.4 is 9.47 Å². The van der Waals surface area contributed by atoms with Crippen LogP contribution >= 0.6 is 0 Å². The SMILES string of the molecule is CN(Cc1ccc2c(c1)OCO2)C(=O)c1cccn1Cc1ccccc1. The van der Waals surface area contributed by atoms with Gasteiger partial charge in [-0.25, -0.2) is 0 Å². The van der Waals surface area contributed by atoms with E-state index >= 15 is 0 Å². The summed E-state index contributed by atoms with van der Waals surface area (Å²) in [5.41, 5.74) is 2.85. The van der Waals surface area contributed by atoms with Crippen molar-refractivity contribution >= 4 is 5.91 Å². The Balaban J connectivity index is 1.48. The number of amides is 1. The van der Waals surface area contributed by atoms with E-state index in [2.05, 4.69) is 12.1 Å². The van der Waals surface area contributed by atoms with Gasteiger partial charge in [-0.05, 0) is 35.4 Å². The van der Waals surface area contributed by atoms with Crippen molar-refractivity contribution in [2.24, 2.45) is 0 Å². The molecule has 0 bridgehead atoms. The molecule has 1 aromatic heterocycles. The third-order valence-corrected chi connectivity index (χ3v) is 4.45. The number of hydrogen-bond donors (Lipinski definition) is 0. The van der Waals surface area contributed by atoms with Gasteiger partial charge in [0.1, 0.15) is 5.69 Å². The molecule has 2 aromatic carbocycles. The number of benzene rings is 2. The average molecular weight is 348 g/mol. The van der Waals surface area contributed by atoms with Gasteiger partial charge in [0.25, 0.3) is 5.91 Å². The molecule has 0 radical (unpaired) electrons. The fourth-order valence-corrected chi connectivity index (χ4v) is 3.11. The van der Waals surface area contributed by atoms with Crippen LogP contribution in [0.2, 0.25) is 0 Å². The van der Waals surface area contributed by atoms with Gasteiger partial charge in [0.2, 0.25) is 6.79 Å². The van der Waals surface area contributed by atoms with Gasteiger partial charge < -0.3 is 18.9 Å². The lowest BCUT2D eigenvalue weighted by atomic mass is 10.2. The Bertz CT molecular complexity index is 918. The summed E-state index contributed by atoms with van der Waals surface area (Å²) in [6, 6.07) is 19.7. The zero-order valence-corrected chi connectivity index (χ0v) is 14.6. The molecule has 0 N–H and O–H groups in total. The molecule has 0 saturated heterocycles. The van der Waals surface area contributed by atoms with E-state index in [9.17, 15) is 4.79 Å². The van der Waals surface area contributed by atoms with Gasteiger partial charge in [-0.1, -0.05) is 36.4 Å². The number of rotatable bonds is 5. The molecular weight excluding hydrogens is 328 g/mol. The van der Waals surface area contributed by atoms with Crippen molar-refractivity contribution in [1.29, 1.82) is 0 Å². The van der Waals surface area contributed by atoms with Gasteiger partial charge in [0.05, 0.1) is 0 Å². The maximum absolute atomic E-state index is 12.9. The Kier molecular flexibility index (Phi) is 4.35. The second kappa shape index (κ2) is 6.96. The predicted octanol–water partition coefficient (Wildman–Crippen LogP) is 3.54. The van der Waals surface area contributed by atoms with Crippen LogP contribution in [-0.4, -0.2) is 29.2 Å². The average Bonchev–Trinajstić information content (AvgIpc) is 3.30. The summed E-state index contributed by atoms with van der Waals surface area (Å²) in [5, 5.41) is 0. The zero-order chi connectivity index (χ0) is 17.9. The van der Waals surface area contributed by atoms with Crippen molar-refractivity contribution in [3.63, 3.8) is 0 Å². The minimum absolute atomic E-state index is 0.0106. The molecular formula is C21H20N2O3. The lowest BCUT2D eigenvalue weighted by Crippen LogP contribution is -2.28. The smallest absolute Gasteiger partial charge is 0.270 e. The van der Waals surface area contributed by atoms with Gasteiger partial charge in [0, 0.05) is 26.3 Å². The summed E-state index contributed by atoms with van der Waals surface area (Å²) in [7, 11) is 1.81. The standard InChI is InChI=1S/C21H20N2O3/c1-22(13-17-9-10-19-20(12-17)26-15-25-19)21(24)18-8-5-11-23(18)14-16-6-3-2-4-7-16/h2-12H,13-15H2,1H3. The summed E-state index contributed by atoms with van der Waals surface area (Å²) >= 11 is 0. The number of ether oxygens (including phenoxy) is 2. The molecule has 1 aliphatic rings. The van der Waals surface area contributed by atoms with Crippen molar-refractivity contribution in [2.45, 2.75) is 13.1 Å². The monoisotopic (exact) mass is 348 g/mol. The summed E-state index contributed by atoms with van der Waals surface area (Å²) < 4.78 is 12.7. The van der Waals surface area contributed by atoms with Crippen LogP contribution in [0.4, 0.5) is 0 Å². The van der Waals surface area contributed by atoms with Crippen LogP contribution in [0.1, 0.15) is 21.6 Å². The third-order valence-electron chi connectivity index (χ3n) is 4.45. The van der Waals surface area contributed by atoms with E-state index in [1.807, 2.05) is 66.3 Å². The van der Waals surface area contributed by atoms with Crippen LogP contribution in [0.5, 0.6) is 11.5 Å². The molecule has 1 amide bonds. The Morgan fingerprint density at radius 2 is 1.81 bits per heavy atom. The van der Waals surface area contributed by atoms with Gasteiger partial charge in [-0.3, -0.25) is 4.79 Å². The minimum atomic E-state index is -0.0106. The highest BCUT2D eigenvalue weighted by molar-refractivity contribution is 5.92. The maximum Gasteiger partial charge on any atom is 0.270 e. The Morgan fingerprint density at radius 1 is 1.00 bits per heavy atom. The van der Waals surface area contributed by atoms with Gasteiger partial charge >= 0.3 is 0 Å².